The summed E-state index contributed by atoms with van der Waals surface area (Å²) in [6.07, 6.45) is 1.43. The SMILES string of the molecule is Cc1ccc(F)c(C(NN)c2cnsn2)c1F. The molecule has 2 rings (SSSR count). The van der Waals surface area contributed by atoms with Crippen LogP contribution in [0.3, 0.4) is 0 Å². The van der Waals surface area contributed by atoms with Gasteiger partial charge in [0, 0.05) is 5.56 Å². The van der Waals surface area contributed by atoms with Crippen molar-refractivity contribution in [3.05, 3.63) is 46.8 Å². The smallest absolute Gasteiger partial charge is 0.134 e. The number of aromatic nitrogens is 2. The molecule has 7 heteroatoms. The second-order valence-corrected chi connectivity index (χ2v) is 4.08. The van der Waals surface area contributed by atoms with Crippen molar-refractivity contribution in [2.75, 3.05) is 0 Å². The lowest BCUT2D eigenvalue weighted by molar-refractivity contribution is 0.503. The van der Waals surface area contributed by atoms with Crippen molar-refractivity contribution in [2.24, 2.45) is 5.84 Å². The number of nitrogens with one attached hydrogen (secondary N) is 1. The molecule has 2 aromatic rings. The van der Waals surface area contributed by atoms with Crippen LogP contribution in [0.25, 0.3) is 0 Å². The van der Waals surface area contributed by atoms with Crippen LogP contribution in [0.4, 0.5) is 8.78 Å². The molecule has 1 heterocycles. The normalized spacial score (nSPS) is 12.7. The van der Waals surface area contributed by atoms with Crippen molar-refractivity contribution < 1.29 is 8.78 Å². The number of benzene rings is 1. The van der Waals surface area contributed by atoms with E-state index in [2.05, 4.69) is 14.2 Å². The van der Waals surface area contributed by atoms with Gasteiger partial charge in [0.1, 0.15) is 11.6 Å². The van der Waals surface area contributed by atoms with Gasteiger partial charge in [0.2, 0.25) is 0 Å². The van der Waals surface area contributed by atoms with Gasteiger partial charge in [0.05, 0.1) is 29.7 Å². The molecule has 0 amide bonds. The van der Waals surface area contributed by atoms with Gasteiger partial charge >= 0.3 is 0 Å². The summed E-state index contributed by atoms with van der Waals surface area (Å²) in [4.78, 5) is 0. The van der Waals surface area contributed by atoms with Crippen LogP contribution >= 0.6 is 11.7 Å². The predicted molar refractivity (Wildman–Crippen MR) is 60.2 cm³/mol. The van der Waals surface area contributed by atoms with Gasteiger partial charge in [-0.15, -0.1) is 0 Å². The third-order valence-electron chi connectivity index (χ3n) is 2.45. The Morgan fingerprint density at radius 1 is 1.41 bits per heavy atom. The van der Waals surface area contributed by atoms with Crippen LogP contribution in [-0.2, 0) is 0 Å². The molecule has 90 valence electrons. The second kappa shape index (κ2) is 4.82. The van der Waals surface area contributed by atoms with E-state index in [1.807, 2.05) is 0 Å². The molecule has 0 bridgehead atoms. The van der Waals surface area contributed by atoms with Crippen LogP contribution in [0.5, 0.6) is 0 Å². The molecule has 0 saturated heterocycles. The highest BCUT2D eigenvalue weighted by Crippen LogP contribution is 2.27. The fraction of sp³-hybridized carbons (Fsp3) is 0.200. The van der Waals surface area contributed by atoms with Crippen LogP contribution in [0, 0.1) is 18.6 Å². The summed E-state index contributed by atoms with van der Waals surface area (Å²) in [6, 6.07) is 1.74. The van der Waals surface area contributed by atoms with Gasteiger partial charge in [-0.25, -0.2) is 14.2 Å². The monoisotopic (exact) mass is 256 g/mol. The van der Waals surface area contributed by atoms with Crippen molar-refractivity contribution in [3.8, 4) is 0 Å². The van der Waals surface area contributed by atoms with Gasteiger partial charge in [0.25, 0.3) is 0 Å². The van der Waals surface area contributed by atoms with E-state index < -0.39 is 17.7 Å². The zero-order chi connectivity index (χ0) is 12.4. The number of hydrogen-bond donors (Lipinski definition) is 2. The maximum absolute atomic E-state index is 13.9. The average Bonchev–Trinajstić information content (AvgIpc) is 2.83. The molecule has 0 fully saturated rings. The first-order chi connectivity index (χ1) is 8.15. The van der Waals surface area contributed by atoms with E-state index >= 15 is 0 Å². The van der Waals surface area contributed by atoms with E-state index in [4.69, 9.17) is 5.84 Å². The van der Waals surface area contributed by atoms with Crippen molar-refractivity contribution in [1.82, 2.24) is 14.2 Å². The van der Waals surface area contributed by atoms with Crippen molar-refractivity contribution in [2.45, 2.75) is 13.0 Å². The summed E-state index contributed by atoms with van der Waals surface area (Å²) >= 11 is 0.953. The first kappa shape index (κ1) is 12.0. The summed E-state index contributed by atoms with van der Waals surface area (Å²) in [5.74, 6) is 4.05. The Bertz CT molecular complexity index is 515. The maximum Gasteiger partial charge on any atom is 0.134 e. The lowest BCUT2D eigenvalue weighted by Crippen LogP contribution is -2.30. The Hall–Kier alpha value is -1.44. The predicted octanol–water partition coefficient (Wildman–Crippen LogP) is 1.68. The summed E-state index contributed by atoms with van der Waals surface area (Å²) in [5, 5.41) is 0. The Labute approximate surface area is 101 Å². The molecule has 0 aliphatic heterocycles. The molecular weight excluding hydrogens is 246 g/mol. The Kier molecular flexibility index (Phi) is 3.41. The highest BCUT2D eigenvalue weighted by Gasteiger charge is 2.24. The summed E-state index contributed by atoms with van der Waals surface area (Å²) in [6.45, 7) is 1.56. The van der Waals surface area contributed by atoms with Crippen LogP contribution in [0.15, 0.2) is 18.3 Å². The average molecular weight is 256 g/mol. The number of hydrogen-bond acceptors (Lipinski definition) is 5. The number of rotatable bonds is 3. The lowest BCUT2D eigenvalue weighted by atomic mass is 10.0. The molecule has 4 nitrogen and oxygen atoms in total. The van der Waals surface area contributed by atoms with Crippen LogP contribution < -0.4 is 11.3 Å². The van der Waals surface area contributed by atoms with Gasteiger partial charge in [-0.05, 0) is 18.6 Å². The van der Waals surface area contributed by atoms with Crippen molar-refractivity contribution in [3.63, 3.8) is 0 Å². The van der Waals surface area contributed by atoms with E-state index in [0.717, 1.165) is 11.7 Å². The Balaban J connectivity index is 2.55. The first-order valence-corrected chi connectivity index (χ1v) is 5.56. The topological polar surface area (TPSA) is 63.8 Å². The van der Waals surface area contributed by atoms with Gasteiger partial charge in [-0.1, -0.05) is 6.07 Å². The van der Waals surface area contributed by atoms with E-state index in [0.29, 0.717) is 11.3 Å². The highest BCUT2D eigenvalue weighted by atomic mass is 32.1. The number of nitrogens with two attached hydrogens (primary N) is 1. The lowest BCUT2D eigenvalue weighted by Gasteiger charge is -2.16. The molecule has 1 aromatic heterocycles. The van der Waals surface area contributed by atoms with Crippen LogP contribution in [-0.4, -0.2) is 8.75 Å². The third-order valence-corrected chi connectivity index (χ3v) is 2.94. The minimum atomic E-state index is -0.839. The Morgan fingerprint density at radius 3 is 2.76 bits per heavy atom. The van der Waals surface area contributed by atoms with E-state index in [1.54, 1.807) is 6.92 Å². The van der Waals surface area contributed by atoms with Gasteiger partial charge in [-0.2, -0.15) is 8.75 Å². The zero-order valence-corrected chi connectivity index (χ0v) is 9.76. The fourth-order valence-corrected chi connectivity index (χ4v) is 2.01. The fourth-order valence-electron chi connectivity index (χ4n) is 1.56. The van der Waals surface area contributed by atoms with Gasteiger partial charge in [-0.3, -0.25) is 5.84 Å². The van der Waals surface area contributed by atoms with Crippen molar-refractivity contribution in [1.29, 1.82) is 0 Å². The maximum atomic E-state index is 13.9. The third kappa shape index (κ3) is 2.17. The summed E-state index contributed by atoms with van der Waals surface area (Å²) < 4.78 is 35.3. The number of nitrogens with zero attached hydrogens (tertiary/aromatic N) is 2. The van der Waals surface area contributed by atoms with E-state index in [1.165, 1.54) is 18.3 Å². The quantitative estimate of drug-likeness (QED) is 0.648. The standard InChI is InChI=1S/C10H10F2N4S/c1-5-2-3-6(11)8(9(5)12)10(15-13)7-4-14-17-16-7/h2-4,10,15H,13H2,1H3. The Morgan fingerprint density at radius 2 is 2.18 bits per heavy atom. The molecule has 0 aliphatic carbocycles. The molecule has 1 aromatic carbocycles. The minimum absolute atomic E-state index is 0.139. The molecule has 0 radical (unpaired) electrons. The number of hydrazine groups is 1. The molecule has 17 heavy (non-hydrogen) atoms. The molecule has 3 N–H and O–H groups in total. The molecular formula is C10H10F2N4S. The van der Waals surface area contributed by atoms with E-state index in [-0.39, 0.29) is 5.56 Å². The van der Waals surface area contributed by atoms with E-state index in [9.17, 15) is 8.78 Å². The summed E-state index contributed by atoms with van der Waals surface area (Å²) in [5.41, 5.74) is 2.96. The molecule has 0 saturated carbocycles. The molecule has 0 aliphatic rings. The molecule has 1 unspecified atom stereocenters. The largest absolute Gasteiger partial charge is 0.271 e. The first-order valence-electron chi connectivity index (χ1n) is 4.83. The van der Waals surface area contributed by atoms with Crippen LogP contribution in [0.1, 0.15) is 22.9 Å². The van der Waals surface area contributed by atoms with Gasteiger partial charge < -0.3 is 0 Å². The highest BCUT2D eigenvalue weighted by molar-refractivity contribution is 6.99. The minimum Gasteiger partial charge on any atom is -0.271 e. The summed E-state index contributed by atoms with van der Waals surface area (Å²) in [7, 11) is 0. The number of aryl methyl sites for hydroxylation is 1. The molecule has 1 atom stereocenters. The van der Waals surface area contributed by atoms with Crippen molar-refractivity contribution >= 4 is 11.7 Å². The number of halogens is 2. The molecule has 0 spiro atoms. The zero-order valence-electron chi connectivity index (χ0n) is 8.95. The van der Waals surface area contributed by atoms with Gasteiger partial charge in [0.15, 0.2) is 0 Å². The van der Waals surface area contributed by atoms with Crippen LogP contribution in [0.2, 0.25) is 0 Å². The second-order valence-electron chi connectivity index (χ2n) is 3.52.